The maximum Gasteiger partial charge on any atom is 0.191 e. The highest BCUT2D eigenvalue weighted by atomic mass is 15.2. The Bertz CT molecular complexity index is 327. The van der Waals surface area contributed by atoms with Crippen LogP contribution >= 0.6 is 0 Å². The first-order valence-electron chi connectivity index (χ1n) is 9.47. The number of nitrogens with zero attached hydrogens (tertiary/aromatic N) is 3. The highest BCUT2D eigenvalue weighted by Gasteiger charge is 2.17. The number of rotatable bonds is 9. The van der Waals surface area contributed by atoms with E-state index in [0.29, 0.717) is 6.04 Å². The Hall–Kier alpha value is -0.810. The predicted molar refractivity (Wildman–Crippen MR) is 101 cm³/mol. The van der Waals surface area contributed by atoms with Gasteiger partial charge in [0.15, 0.2) is 5.96 Å². The summed E-state index contributed by atoms with van der Waals surface area (Å²) in [6.07, 6.45) is 5.06. The van der Waals surface area contributed by atoms with Gasteiger partial charge >= 0.3 is 0 Å². The van der Waals surface area contributed by atoms with Crippen molar-refractivity contribution in [1.82, 2.24) is 20.4 Å². The summed E-state index contributed by atoms with van der Waals surface area (Å²) >= 11 is 0. The number of nitrogens with one attached hydrogen (secondary N) is 2. The van der Waals surface area contributed by atoms with E-state index in [1.165, 1.54) is 45.3 Å². The zero-order valence-corrected chi connectivity index (χ0v) is 16.1. The smallest absolute Gasteiger partial charge is 0.191 e. The van der Waals surface area contributed by atoms with Crippen LogP contribution in [0.2, 0.25) is 0 Å². The van der Waals surface area contributed by atoms with Gasteiger partial charge < -0.3 is 20.4 Å². The van der Waals surface area contributed by atoms with Crippen LogP contribution in [0.25, 0.3) is 0 Å². The molecule has 0 aromatic heterocycles. The molecule has 0 bridgehead atoms. The summed E-state index contributed by atoms with van der Waals surface area (Å²) in [4.78, 5) is 9.30. The lowest BCUT2D eigenvalue weighted by molar-refractivity contribution is 0.210. The van der Waals surface area contributed by atoms with Crippen molar-refractivity contribution in [2.24, 2.45) is 10.9 Å². The second-order valence-electron chi connectivity index (χ2n) is 6.94. The fraction of sp³-hybridized carbons (Fsp3) is 0.944. The van der Waals surface area contributed by atoms with Gasteiger partial charge in [0.25, 0.3) is 0 Å². The van der Waals surface area contributed by atoms with Crippen molar-refractivity contribution in [3.8, 4) is 0 Å². The molecule has 2 atom stereocenters. The van der Waals surface area contributed by atoms with Crippen molar-refractivity contribution < 1.29 is 0 Å². The second-order valence-corrected chi connectivity index (χ2v) is 6.94. The first-order valence-corrected chi connectivity index (χ1v) is 9.47. The van der Waals surface area contributed by atoms with Crippen molar-refractivity contribution in [2.75, 3.05) is 53.4 Å². The lowest BCUT2D eigenvalue weighted by atomic mass is 9.98. The summed E-state index contributed by atoms with van der Waals surface area (Å²) in [7, 11) is 4.09. The molecule has 1 saturated heterocycles. The second kappa shape index (κ2) is 11.7. The van der Waals surface area contributed by atoms with Crippen LogP contribution in [-0.4, -0.2) is 75.2 Å². The lowest BCUT2D eigenvalue weighted by Gasteiger charge is -2.30. The van der Waals surface area contributed by atoms with E-state index in [-0.39, 0.29) is 0 Å². The molecular formula is C18H39N5. The molecule has 2 N–H and O–H groups in total. The maximum absolute atomic E-state index is 4.38. The highest BCUT2D eigenvalue weighted by Crippen LogP contribution is 2.13. The minimum Gasteiger partial charge on any atom is -0.356 e. The molecule has 0 aliphatic carbocycles. The van der Waals surface area contributed by atoms with Crippen molar-refractivity contribution in [3.05, 3.63) is 0 Å². The maximum atomic E-state index is 4.38. The summed E-state index contributed by atoms with van der Waals surface area (Å²) in [6, 6.07) is 0.464. The Morgan fingerprint density at radius 2 is 2.09 bits per heavy atom. The monoisotopic (exact) mass is 325 g/mol. The van der Waals surface area contributed by atoms with E-state index < -0.39 is 0 Å². The van der Waals surface area contributed by atoms with Crippen LogP contribution in [0, 0.1) is 5.92 Å². The third-order valence-corrected chi connectivity index (χ3v) is 4.89. The van der Waals surface area contributed by atoms with E-state index >= 15 is 0 Å². The van der Waals surface area contributed by atoms with E-state index in [1.54, 1.807) is 0 Å². The lowest BCUT2D eigenvalue weighted by Crippen LogP contribution is -2.46. The topological polar surface area (TPSA) is 42.9 Å². The van der Waals surface area contributed by atoms with Crippen molar-refractivity contribution in [1.29, 1.82) is 0 Å². The van der Waals surface area contributed by atoms with Gasteiger partial charge in [-0.2, -0.15) is 0 Å². The predicted octanol–water partition coefficient (Wildman–Crippen LogP) is 2.00. The number of guanidine groups is 1. The summed E-state index contributed by atoms with van der Waals surface area (Å²) < 4.78 is 0. The first-order chi connectivity index (χ1) is 11.1. The van der Waals surface area contributed by atoms with Gasteiger partial charge in [-0.05, 0) is 71.8 Å². The standard InChI is InChI=1S/C18H39N5/c1-6-23(7-2)13-8-10-16(3)21-18(19-4)20-14-17-11-9-12-22(5)15-17/h16-17H,6-15H2,1-5H3,(H2,19,20,21). The quantitative estimate of drug-likeness (QED) is 0.503. The van der Waals surface area contributed by atoms with Crippen LogP contribution < -0.4 is 10.6 Å². The van der Waals surface area contributed by atoms with Gasteiger partial charge in [0, 0.05) is 26.2 Å². The summed E-state index contributed by atoms with van der Waals surface area (Å²) in [6.45, 7) is 13.7. The molecule has 1 heterocycles. The first kappa shape index (κ1) is 20.2. The molecule has 5 heteroatoms. The summed E-state index contributed by atoms with van der Waals surface area (Å²) in [5.74, 6) is 1.69. The molecule has 5 nitrogen and oxygen atoms in total. The number of aliphatic imine (C=N–C) groups is 1. The molecule has 0 radical (unpaired) electrons. The Balaban J connectivity index is 2.21. The number of likely N-dealkylation sites (tertiary alicyclic amines) is 1. The van der Waals surface area contributed by atoms with Gasteiger partial charge in [-0.25, -0.2) is 0 Å². The van der Waals surface area contributed by atoms with Gasteiger partial charge in [-0.15, -0.1) is 0 Å². The molecule has 0 spiro atoms. The zero-order valence-electron chi connectivity index (χ0n) is 16.1. The largest absolute Gasteiger partial charge is 0.356 e. The fourth-order valence-electron chi connectivity index (χ4n) is 3.34. The van der Waals surface area contributed by atoms with Gasteiger partial charge in [0.05, 0.1) is 0 Å². The minimum atomic E-state index is 0.464. The van der Waals surface area contributed by atoms with E-state index in [4.69, 9.17) is 0 Å². The van der Waals surface area contributed by atoms with Gasteiger partial charge in [0.2, 0.25) is 0 Å². The van der Waals surface area contributed by atoms with E-state index in [9.17, 15) is 0 Å². The minimum absolute atomic E-state index is 0.464. The zero-order chi connectivity index (χ0) is 17.1. The van der Waals surface area contributed by atoms with E-state index in [1.807, 2.05) is 7.05 Å². The summed E-state index contributed by atoms with van der Waals surface area (Å²) in [5.41, 5.74) is 0. The molecule has 2 unspecified atom stereocenters. The van der Waals surface area contributed by atoms with E-state index in [0.717, 1.165) is 31.5 Å². The molecule has 0 amide bonds. The third-order valence-electron chi connectivity index (χ3n) is 4.89. The Labute approximate surface area is 143 Å². The molecule has 1 aliphatic heterocycles. The van der Waals surface area contributed by atoms with Crippen LogP contribution in [0.1, 0.15) is 46.5 Å². The molecule has 0 saturated carbocycles. The molecule has 1 fully saturated rings. The SMILES string of the molecule is CCN(CC)CCCC(C)NC(=NC)NCC1CCCN(C)C1. The molecule has 1 rings (SSSR count). The highest BCUT2D eigenvalue weighted by molar-refractivity contribution is 5.79. The number of piperidine rings is 1. The molecule has 23 heavy (non-hydrogen) atoms. The third kappa shape index (κ3) is 8.56. The molecule has 1 aliphatic rings. The normalized spacial score (nSPS) is 21.5. The van der Waals surface area contributed by atoms with Crippen LogP contribution in [0.15, 0.2) is 4.99 Å². The van der Waals surface area contributed by atoms with Crippen molar-refractivity contribution in [3.63, 3.8) is 0 Å². The van der Waals surface area contributed by atoms with Gasteiger partial charge in [-0.1, -0.05) is 13.8 Å². The van der Waals surface area contributed by atoms with Crippen molar-refractivity contribution >= 4 is 5.96 Å². The average Bonchev–Trinajstić information content (AvgIpc) is 2.55. The Kier molecular flexibility index (Phi) is 10.3. The van der Waals surface area contributed by atoms with Crippen LogP contribution in [0.5, 0.6) is 0 Å². The number of hydrogen-bond donors (Lipinski definition) is 2. The van der Waals surface area contributed by atoms with Crippen molar-refractivity contribution in [2.45, 2.75) is 52.5 Å². The molecule has 136 valence electrons. The fourth-order valence-corrected chi connectivity index (χ4v) is 3.34. The van der Waals surface area contributed by atoms with Crippen LogP contribution in [-0.2, 0) is 0 Å². The van der Waals surface area contributed by atoms with E-state index in [2.05, 4.69) is 53.2 Å². The molecule has 0 aromatic rings. The molecular weight excluding hydrogens is 286 g/mol. The molecule has 0 aromatic carbocycles. The average molecular weight is 326 g/mol. The summed E-state index contributed by atoms with van der Waals surface area (Å²) in [5, 5.41) is 7.05. The van der Waals surface area contributed by atoms with Gasteiger partial charge in [0.1, 0.15) is 0 Å². The van der Waals surface area contributed by atoms with Gasteiger partial charge in [-0.3, -0.25) is 4.99 Å². The number of hydrogen-bond acceptors (Lipinski definition) is 3. The Morgan fingerprint density at radius 3 is 2.70 bits per heavy atom. The Morgan fingerprint density at radius 1 is 1.35 bits per heavy atom. The van der Waals surface area contributed by atoms with Crippen LogP contribution in [0.3, 0.4) is 0 Å². The van der Waals surface area contributed by atoms with Crippen LogP contribution in [0.4, 0.5) is 0 Å².